The number of rotatable bonds is 3. The molecule has 0 rings (SSSR count). The predicted molar refractivity (Wildman–Crippen MR) is 42.2 cm³/mol. The fraction of sp³-hybridized carbons (Fsp3) is 1.00. The summed E-state index contributed by atoms with van der Waals surface area (Å²) in [6, 6.07) is 0. The molecule has 0 aromatic heterocycles. The third-order valence-electron chi connectivity index (χ3n) is 1.49. The molecular weight excluding hydrogens is 313 g/mol. The van der Waals surface area contributed by atoms with Gasteiger partial charge in [0.25, 0.3) is 20.0 Å². The molecule has 0 aliphatic rings. The number of hydrogen-bond donors (Lipinski definition) is 2. The number of sulfonamides is 2. The van der Waals surface area contributed by atoms with E-state index in [1.165, 1.54) is 0 Å². The zero-order chi connectivity index (χ0) is 14.5. The first-order valence-electron chi connectivity index (χ1n) is 3.18. The average Bonchev–Trinajstić information content (AvgIpc) is 1.95. The van der Waals surface area contributed by atoms with E-state index in [2.05, 4.69) is 10.3 Å². The quantitative estimate of drug-likeness (QED) is 0.414. The van der Waals surface area contributed by atoms with Crippen molar-refractivity contribution in [2.45, 2.75) is 16.4 Å². The molecule has 0 bridgehead atoms. The third-order valence-corrected chi connectivity index (χ3v) is 3.89. The van der Waals surface area contributed by atoms with Gasteiger partial charge in [-0.3, -0.25) is 0 Å². The van der Waals surface area contributed by atoms with E-state index >= 15 is 0 Å². The maximum atomic E-state index is 13.0. The summed E-state index contributed by atoms with van der Waals surface area (Å²) in [7, 11) is -13.2. The summed E-state index contributed by atoms with van der Waals surface area (Å²) in [5.74, 6) is 0. The molecule has 0 aliphatic carbocycles. The van der Waals surface area contributed by atoms with Crippen LogP contribution in [-0.4, -0.2) is 33.3 Å². The Balaban J connectivity index is -0.00000128. The van der Waals surface area contributed by atoms with Gasteiger partial charge in [-0.2, -0.15) is 22.0 Å². The van der Waals surface area contributed by atoms with Gasteiger partial charge in [-0.15, -0.1) is 0 Å². The van der Waals surface area contributed by atoms with E-state index in [0.29, 0.717) is 0 Å². The first kappa shape index (κ1) is 20.3. The molecule has 0 spiro atoms. The summed E-state index contributed by atoms with van der Waals surface area (Å²) in [4.78, 5) is 0. The predicted octanol–water partition coefficient (Wildman–Crippen LogP) is -3.50. The van der Waals surface area contributed by atoms with E-state index in [-0.39, 0.29) is 20.3 Å². The van der Waals surface area contributed by atoms with Crippen molar-refractivity contribution in [1.82, 2.24) is 0 Å². The van der Waals surface area contributed by atoms with Gasteiger partial charge in [0, 0.05) is 0 Å². The molecule has 0 radical (unpaired) electrons. The molecule has 0 heterocycles. The number of halogens is 6. The van der Waals surface area contributed by atoms with Crippen molar-refractivity contribution in [3.05, 3.63) is 0 Å². The Labute approximate surface area is 110 Å². The Kier molecular flexibility index (Phi) is 5.46. The minimum atomic E-state index is -6.81. The molecule has 106 valence electrons. The monoisotopic (exact) mass is 318 g/mol. The van der Waals surface area contributed by atoms with Gasteiger partial charge in [0.2, 0.25) is 0 Å². The van der Waals surface area contributed by atoms with Gasteiger partial charge >= 0.3 is 35.3 Å². The molecule has 18 heavy (non-hydrogen) atoms. The van der Waals surface area contributed by atoms with Crippen molar-refractivity contribution in [3.63, 3.8) is 0 Å². The fourth-order valence-electron chi connectivity index (χ4n) is 0.675. The van der Waals surface area contributed by atoms with Crippen molar-refractivity contribution in [1.29, 1.82) is 0 Å². The van der Waals surface area contributed by atoms with Gasteiger partial charge in [-0.1, -0.05) is 0 Å². The molecule has 0 saturated heterocycles. The molecule has 6 nitrogen and oxygen atoms in total. The van der Waals surface area contributed by atoms with Crippen LogP contribution >= 0.6 is 0 Å². The van der Waals surface area contributed by atoms with Gasteiger partial charge in [0.15, 0.2) is 0 Å². The summed E-state index contributed by atoms with van der Waals surface area (Å²) in [5, 5.41) is -5.72. The molecule has 0 saturated carbocycles. The van der Waals surface area contributed by atoms with Crippen LogP contribution in [0.5, 0.6) is 0 Å². The molecular formula is C3H5F6LiN2O4S2. The van der Waals surface area contributed by atoms with Crippen molar-refractivity contribution in [2.75, 3.05) is 0 Å². The summed E-state index contributed by atoms with van der Waals surface area (Å²) in [5.41, 5.74) is 0. The normalized spacial score (nSPS) is 17.8. The van der Waals surface area contributed by atoms with Gasteiger partial charge in [0.1, 0.15) is 0 Å². The van der Waals surface area contributed by atoms with Crippen LogP contribution in [0.25, 0.3) is 0 Å². The van der Waals surface area contributed by atoms with Crippen LogP contribution in [0.2, 0.25) is 0 Å². The Morgan fingerprint density at radius 1 is 0.778 bits per heavy atom. The molecule has 0 aliphatic heterocycles. The molecule has 0 aromatic carbocycles. The van der Waals surface area contributed by atoms with Gasteiger partial charge < -0.3 is 1.43 Å². The summed E-state index contributed by atoms with van der Waals surface area (Å²) in [6.07, 6.45) is -6.81. The van der Waals surface area contributed by atoms with E-state index in [1.54, 1.807) is 0 Å². The smallest absolute Gasteiger partial charge is 1.00 e. The van der Waals surface area contributed by atoms with E-state index < -0.39 is 36.5 Å². The van der Waals surface area contributed by atoms with Crippen LogP contribution in [-0.2, 0) is 20.0 Å². The van der Waals surface area contributed by atoms with E-state index in [0.717, 1.165) is 0 Å². The topological polar surface area (TPSA) is 120 Å². The average molecular weight is 318 g/mol. The van der Waals surface area contributed by atoms with Crippen molar-refractivity contribution < 1.29 is 63.5 Å². The van der Waals surface area contributed by atoms with Gasteiger partial charge in [-0.25, -0.2) is 31.5 Å². The summed E-state index contributed by atoms with van der Waals surface area (Å²) < 4.78 is 115. The first-order valence-corrected chi connectivity index (χ1v) is 6.27. The number of nitrogens with two attached hydrogens (primary N) is 2. The number of alkyl halides is 6. The zero-order valence-corrected chi connectivity index (χ0v) is 10.0. The van der Waals surface area contributed by atoms with Gasteiger partial charge in [-0.05, 0) is 0 Å². The molecule has 0 aromatic rings. The zero-order valence-electron chi connectivity index (χ0n) is 9.37. The molecule has 0 fully saturated rings. The second-order valence-electron chi connectivity index (χ2n) is 2.70. The minimum Gasteiger partial charge on any atom is -1.00 e. The van der Waals surface area contributed by atoms with Crippen LogP contribution in [0, 0.1) is 0 Å². The van der Waals surface area contributed by atoms with Crippen LogP contribution in [0.4, 0.5) is 26.3 Å². The number of hydrogen-bond acceptors (Lipinski definition) is 4. The summed E-state index contributed by atoms with van der Waals surface area (Å²) >= 11 is 0. The Morgan fingerprint density at radius 2 is 1.06 bits per heavy atom. The Bertz CT molecular complexity index is 519. The van der Waals surface area contributed by atoms with E-state index in [9.17, 15) is 43.2 Å². The van der Waals surface area contributed by atoms with E-state index in [4.69, 9.17) is 0 Å². The Morgan fingerprint density at radius 3 is 1.11 bits per heavy atom. The Hall–Kier alpha value is -0.00260. The SMILES string of the molecule is NS(=O)(=O)C(F)(F)C(F)(C(F)(F)F)S(N)(=O)=O.[H-].[Li+]. The second kappa shape index (κ2) is 4.83. The third kappa shape index (κ3) is 2.78. The fourth-order valence-corrected chi connectivity index (χ4v) is 2.51. The van der Waals surface area contributed by atoms with Crippen LogP contribution in [0.15, 0.2) is 0 Å². The summed E-state index contributed by atoms with van der Waals surface area (Å²) in [6.45, 7) is 0. The maximum Gasteiger partial charge on any atom is 1.00 e. The maximum absolute atomic E-state index is 13.0. The minimum absolute atomic E-state index is 0. The first-order chi connectivity index (χ1) is 7.00. The molecule has 0 amide bonds. The van der Waals surface area contributed by atoms with E-state index in [1.807, 2.05) is 0 Å². The van der Waals surface area contributed by atoms with Crippen LogP contribution in [0.3, 0.4) is 0 Å². The second-order valence-corrected chi connectivity index (χ2v) is 5.96. The number of primary sulfonamides is 2. The van der Waals surface area contributed by atoms with Crippen molar-refractivity contribution in [2.24, 2.45) is 10.3 Å². The molecule has 1 unspecified atom stereocenters. The largest absolute Gasteiger partial charge is 1.00 e. The van der Waals surface area contributed by atoms with Gasteiger partial charge in [0.05, 0.1) is 0 Å². The van der Waals surface area contributed by atoms with Crippen LogP contribution < -0.4 is 29.1 Å². The molecule has 4 N–H and O–H groups in total. The van der Waals surface area contributed by atoms with Crippen LogP contribution in [0.1, 0.15) is 1.43 Å². The van der Waals surface area contributed by atoms with Crippen molar-refractivity contribution >= 4 is 20.0 Å². The molecule has 15 heteroatoms. The molecule has 1 atom stereocenters. The standard InChI is InChI=1S/C3H4F6N2O4S2.Li.H/c4-1(2(5,6)7,16(10,12)13)3(8,9)17(11,14)15;;/h(H2,10,12,13)(H2,11,14,15);;/q;+1;-1. The van der Waals surface area contributed by atoms with Crippen molar-refractivity contribution in [3.8, 4) is 0 Å².